The summed E-state index contributed by atoms with van der Waals surface area (Å²) in [5.74, 6) is -0.965. The Kier molecular flexibility index (Phi) is 5.91. The largest absolute Gasteiger partial charge is 0.348 e. The Morgan fingerprint density at radius 3 is 2.52 bits per heavy atom. The van der Waals surface area contributed by atoms with Crippen LogP contribution >= 0.6 is 0 Å². The maximum absolute atomic E-state index is 13.7. The average Bonchev–Trinajstić information content (AvgIpc) is 3.06. The van der Waals surface area contributed by atoms with E-state index in [0.717, 1.165) is 0 Å². The fourth-order valence-electron chi connectivity index (χ4n) is 4.52. The number of anilines is 1. The number of piperidine rings is 1. The molecule has 4 rings (SSSR count). The van der Waals surface area contributed by atoms with Crippen molar-refractivity contribution >= 4 is 17.5 Å². The third-order valence-electron chi connectivity index (χ3n) is 6.16. The molecule has 8 heteroatoms. The van der Waals surface area contributed by atoms with Crippen LogP contribution < -0.4 is 15.5 Å². The van der Waals surface area contributed by atoms with E-state index >= 15 is 0 Å². The molecule has 6 nitrogen and oxygen atoms in total. The number of carbonyl (C=O) groups excluding carboxylic acids is 2. The van der Waals surface area contributed by atoms with Crippen molar-refractivity contribution in [3.05, 3.63) is 65.7 Å². The van der Waals surface area contributed by atoms with Crippen LogP contribution in [-0.4, -0.2) is 54.6 Å². The first-order valence-electron chi connectivity index (χ1n) is 10.5. The lowest BCUT2D eigenvalue weighted by Gasteiger charge is -2.43. The first-order chi connectivity index (χ1) is 14.9. The van der Waals surface area contributed by atoms with E-state index in [2.05, 4.69) is 15.5 Å². The Morgan fingerprint density at radius 1 is 1.13 bits per heavy atom. The summed E-state index contributed by atoms with van der Waals surface area (Å²) in [4.78, 5) is 29.3. The molecule has 0 radical (unpaired) electrons. The van der Waals surface area contributed by atoms with E-state index in [1.54, 1.807) is 6.07 Å². The molecule has 1 spiro atoms. The number of nitrogens with zero attached hydrogens (tertiary/aromatic N) is 2. The van der Waals surface area contributed by atoms with Gasteiger partial charge in [-0.15, -0.1) is 0 Å². The zero-order valence-electron chi connectivity index (χ0n) is 17.4. The molecule has 2 saturated heterocycles. The van der Waals surface area contributed by atoms with Gasteiger partial charge < -0.3 is 20.4 Å². The summed E-state index contributed by atoms with van der Waals surface area (Å²) in [5.41, 5.74) is 0.441. The van der Waals surface area contributed by atoms with E-state index in [0.29, 0.717) is 50.4 Å². The number of likely N-dealkylation sites (tertiary alicyclic amines) is 1. The quantitative estimate of drug-likeness (QED) is 0.768. The van der Waals surface area contributed by atoms with E-state index in [-0.39, 0.29) is 29.5 Å². The normalized spacial score (nSPS) is 19.3. The highest BCUT2D eigenvalue weighted by Gasteiger charge is 2.50. The van der Waals surface area contributed by atoms with Gasteiger partial charge in [-0.1, -0.05) is 6.07 Å². The number of benzene rings is 2. The number of hydrogen-bond acceptors (Lipinski definition) is 4. The number of amides is 2. The number of rotatable bonds is 5. The molecule has 2 N–H and O–H groups in total. The van der Waals surface area contributed by atoms with Crippen LogP contribution in [0.15, 0.2) is 48.5 Å². The van der Waals surface area contributed by atoms with Gasteiger partial charge in [0.15, 0.2) is 0 Å². The van der Waals surface area contributed by atoms with Gasteiger partial charge in [0.2, 0.25) is 5.91 Å². The molecule has 2 aliphatic rings. The van der Waals surface area contributed by atoms with Crippen molar-refractivity contribution in [1.29, 1.82) is 0 Å². The van der Waals surface area contributed by atoms with Crippen LogP contribution in [0, 0.1) is 11.6 Å². The Morgan fingerprint density at radius 2 is 1.84 bits per heavy atom. The van der Waals surface area contributed by atoms with Crippen molar-refractivity contribution in [2.75, 3.05) is 31.2 Å². The van der Waals surface area contributed by atoms with Gasteiger partial charge in [-0.3, -0.25) is 9.59 Å². The van der Waals surface area contributed by atoms with Crippen LogP contribution in [0.5, 0.6) is 0 Å². The molecule has 0 saturated carbocycles. The Hall–Kier alpha value is -3.00. The molecular formula is C23H26F2N4O2. The second kappa shape index (κ2) is 8.63. The van der Waals surface area contributed by atoms with E-state index in [1.807, 2.05) is 17.9 Å². The van der Waals surface area contributed by atoms with Crippen molar-refractivity contribution in [3.8, 4) is 0 Å². The van der Waals surface area contributed by atoms with E-state index in [1.165, 1.54) is 36.4 Å². The molecule has 0 aliphatic carbocycles. The topological polar surface area (TPSA) is 64.7 Å². The maximum atomic E-state index is 13.7. The summed E-state index contributed by atoms with van der Waals surface area (Å²) in [6.45, 7) is 4.32. The SMILES string of the molecule is C[C@@H](CN1CCC2(CC1)C(=O)NCN2c1cccc(F)c1)NC(=O)c1ccc(F)cc1. The van der Waals surface area contributed by atoms with E-state index in [9.17, 15) is 18.4 Å². The van der Waals surface area contributed by atoms with Crippen molar-refractivity contribution in [1.82, 2.24) is 15.5 Å². The lowest BCUT2D eigenvalue weighted by molar-refractivity contribution is -0.125. The van der Waals surface area contributed by atoms with E-state index in [4.69, 9.17) is 0 Å². The van der Waals surface area contributed by atoms with Gasteiger partial charge in [0.1, 0.15) is 17.2 Å². The summed E-state index contributed by atoms with van der Waals surface area (Å²) >= 11 is 0. The predicted octanol–water partition coefficient (Wildman–Crippen LogP) is 2.51. The molecule has 2 fully saturated rings. The average molecular weight is 428 g/mol. The monoisotopic (exact) mass is 428 g/mol. The summed E-state index contributed by atoms with van der Waals surface area (Å²) in [7, 11) is 0. The maximum Gasteiger partial charge on any atom is 0.251 e. The van der Waals surface area contributed by atoms with Gasteiger partial charge in [0, 0.05) is 36.9 Å². The Bertz CT molecular complexity index is 958. The molecule has 2 aromatic rings. The van der Waals surface area contributed by atoms with Crippen LogP contribution in [0.2, 0.25) is 0 Å². The molecule has 2 heterocycles. The minimum absolute atomic E-state index is 0.0194. The van der Waals surface area contributed by atoms with Gasteiger partial charge in [0.05, 0.1) is 6.67 Å². The smallest absolute Gasteiger partial charge is 0.251 e. The molecule has 1 atom stereocenters. The van der Waals surface area contributed by atoms with Gasteiger partial charge in [0.25, 0.3) is 5.91 Å². The highest BCUT2D eigenvalue weighted by molar-refractivity contribution is 5.94. The fourth-order valence-corrected chi connectivity index (χ4v) is 4.52. The minimum atomic E-state index is -0.676. The summed E-state index contributed by atoms with van der Waals surface area (Å²) < 4.78 is 26.8. The molecular weight excluding hydrogens is 402 g/mol. The number of nitrogens with one attached hydrogen (secondary N) is 2. The molecule has 2 amide bonds. The summed E-state index contributed by atoms with van der Waals surface area (Å²) in [6.07, 6.45) is 1.24. The number of hydrogen-bond donors (Lipinski definition) is 2. The molecule has 0 aromatic heterocycles. The second-order valence-electron chi connectivity index (χ2n) is 8.29. The zero-order chi connectivity index (χ0) is 22.0. The highest BCUT2D eigenvalue weighted by atomic mass is 19.1. The van der Waals surface area contributed by atoms with Crippen LogP contribution in [0.1, 0.15) is 30.1 Å². The standard InChI is InChI=1S/C23H26F2N4O2/c1-16(27-21(30)17-5-7-18(24)8-6-17)14-28-11-9-23(10-12-28)22(31)26-15-29(23)20-4-2-3-19(25)13-20/h2-8,13,16H,9-12,14-15H2,1H3,(H,26,31)(H,27,30)/t16-/m0/s1. The second-order valence-corrected chi connectivity index (χ2v) is 8.29. The molecule has 0 bridgehead atoms. The van der Waals surface area contributed by atoms with Crippen LogP contribution in [0.25, 0.3) is 0 Å². The Labute approximate surface area is 180 Å². The van der Waals surface area contributed by atoms with Crippen molar-refractivity contribution in [2.24, 2.45) is 0 Å². The summed E-state index contributed by atoms with van der Waals surface area (Å²) in [5, 5.41) is 5.85. The number of carbonyl (C=O) groups is 2. The van der Waals surface area contributed by atoms with Crippen molar-refractivity contribution in [3.63, 3.8) is 0 Å². The van der Waals surface area contributed by atoms with Crippen LogP contribution in [0.4, 0.5) is 14.5 Å². The van der Waals surface area contributed by atoms with Crippen LogP contribution in [0.3, 0.4) is 0 Å². The molecule has 2 aromatic carbocycles. The lowest BCUT2D eigenvalue weighted by atomic mass is 9.85. The van der Waals surface area contributed by atoms with Gasteiger partial charge >= 0.3 is 0 Å². The van der Waals surface area contributed by atoms with Gasteiger partial charge in [-0.25, -0.2) is 8.78 Å². The third kappa shape index (κ3) is 4.39. The predicted molar refractivity (Wildman–Crippen MR) is 114 cm³/mol. The lowest BCUT2D eigenvalue weighted by Crippen LogP contribution is -2.57. The van der Waals surface area contributed by atoms with Crippen LogP contribution in [-0.2, 0) is 4.79 Å². The van der Waals surface area contributed by atoms with Crippen molar-refractivity contribution < 1.29 is 18.4 Å². The Balaban J connectivity index is 1.35. The highest BCUT2D eigenvalue weighted by Crippen LogP contribution is 2.36. The molecule has 31 heavy (non-hydrogen) atoms. The molecule has 164 valence electrons. The molecule has 2 aliphatic heterocycles. The minimum Gasteiger partial charge on any atom is -0.348 e. The van der Waals surface area contributed by atoms with Gasteiger partial charge in [-0.05, 0) is 62.2 Å². The van der Waals surface area contributed by atoms with Gasteiger partial charge in [-0.2, -0.15) is 0 Å². The van der Waals surface area contributed by atoms with E-state index < -0.39 is 5.54 Å². The zero-order valence-corrected chi connectivity index (χ0v) is 17.4. The summed E-state index contributed by atoms with van der Waals surface area (Å²) in [6, 6.07) is 11.7. The first-order valence-corrected chi connectivity index (χ1v) is 10.5. The van der Waals surface area contributed by atoms with Crippen molar-refractivity contribution in [2.45, 2.75) is 31.3 Å². The molecule has 0 unspecified atom stereocenters. The first kappa shape index (κ1) is 21.2. The fraction of sp³-hybridized carbons (Fsp3) is 0.391. The number of halogens is 2. The third-order valence-corrected chi connectivity index (χ3v) is 6.16.